The van der Waals surface area contributed by atoms with Crippen molar-refractivity contribution >= 4 is 40.6 Å². The summed E-state index contributed by atoms with van der Waals surface area (Å²) in [5.41, 5.74) is 1.90. The largest absolute Gasteiger partial charge is 0.481 e. The molecule has 2 amide bonds. The van der Waals surface area contributed by atoms with Crippen LogP contribution in [0.3, 0.4) is 0 Å². The summed E-state index contributed by atoms with van der Waals surface area (Å²) in [5, 5.41) is 8.39. The van der Waals surface area contributed by atoms with Crippen LogP contribution in [0.25, 0.3) is 6.08 Å². The van der Waals surface area contributed by atoms with Crippen molar-refractivity contribution in [1.29, 1.82) is 0 Å². The van der Waals surface area contributed by atoms with Gasteiger partial charge in [-0.1, -0.05) is 36.4 Å². The van der Waals surface area contributed by atoms with Crippen LogP contribution in [-0.2, 0) is 9.59 Å². The van der Waals surface area contributed by atoms with E-state index in [0.29, 0.717) is 17.0 Å². The molecule has 0 atom stereocenters. The maximum Gasteiger partial charge on any atom is 0.341 e. The minimum Gasteiger partial charge on any atom is -0.481 e. The Balaban J connectivity index is 1.92. The standard InChI is InChI=1S/C19H15NO5S/c1-12-6-2-4-8-14(12)20-18(23)16(26-19(20)24)10-13-7-3-5-9-15(13)25-11-17(21)22/h2-10H,11H2,1H3,(H,21,22)/b16-10+. The summed E-state index contributed by atoms with van der Waals surface area (Å²) < 4.78 is 5.24. The molecule has 0 saturated carbocycles. The molecule has 0 bridgehead atoms. The van der Waals surface area contributed by atoms with Crippen LogP contribution < -0.4 is 9.64 Å². The Kier molecular flexibility index (Phi) is 5.09. The van der Waals surface area contributed by atoms with Gasteiger partial charge in [0.05, 0.1) is 10.6 Å². The summed E-state index contributed by atoms with van der Waals surface area (Å²) in [7, 11) is 0. The number of rotatable bonds is 5. The lowest BCUT2D eigenvalue weighted by atomic mass is 10.1. The highest BCUT2D eigenvalue weighted by Gasteiger charge is 2.37. The molecule has 26 heavy (non-hydrogen) atoms. The molecule has 0 aliphatic carbocycles. The average Bonchev–Trinajstić information content (AvgIpc) is 2.88. The van der Waals surface area contributed by atoms with Gasteiger partial charge in [-0.2, -0.15) is 0 Å². The molecule has 6 nitrogen and oxygen atoms in total. The molecule has 132 valence electrons. The molecule has 3 rings (SSSR count). The number of carboxylic acids is 1. The van der Waals surface area contributed by atoms with Gasteiger partial charge < -0.3 is 9.84 Å². The SMILES string of the molecule is Cc1ccccc1N1C(=O)S/C(=C/c2ccccc2OCC(=O)O)C1=O. The third kappa shape index (κ3) is 3.62. The van der Waals surface area contributed by atoms with Crippen LogP contribution in [0.1, 0.15) is 11.1 Å². The van der Waals surface area contributed by atoms with Crippen molar-refractivity contribution in [2.45, 2.75) is 6.92 Å². The first-order chi connectivity index (χ1) is 12.5. The molecule has 0 spiro atoms. The third-order valence-electron chi connectivity index (χ3n) is 3.71. The highest BCUT2D eigenvalue weighted by atomic mass is 32.2. The van der Waals surface area contributed by atoms with Crippen molar-refractivity contribution in [1.82, 2.24) is 0 Å². The normalized spacial score (nSPS) is 15.6. The number of imide groups is 1. The fraction of sp³-hybridized carbons (Fsp3) is 0.105. The lowest BCUT2D eigenvalue weighted by Gasteiger charge is -2.14. The van der Waals surface area contributed by atoms with E-state index >= 15 is 0 Å². The van der Waals surface area contributed by atoms with E-state index in [1.165, 1.54) is 0 Å². The van der Waals surface area contributed by atoms with Crippen molar-refractivity contribution in [3.63, 3.8) is 0 Å². The van der Waals surface area contributed by atoms with E-state index in [2.05, 4.69) is 0 Å². The highest BCUT2D eigenvalue weighted by molar-refractivity contribution is 8.19. The zero-order chi connectivity index (χ0) is 18.7. The van der Waals surface area contributed by atoms with Crippen LogP contribution in [0.5, 0.6) is 5.75 Å². The quantitative estimate of drug-likeness (QED) is 0.809. The summed E-state index contributed by atoms with van der Waals surface area (Å²) in [5.74, 6) is -1.18. The molecule has 1 aliphatic heterocycles. The van der Waals surface area contributed by atoms with Crippen molar-refractivity contribution in [3.8, 4) is 5.75 Å². The number of carbonyl (C=O) groups is 3. The van der Waals surface area contributed by atoms with E-state index in [4.69, 9.17) is 9.84 Å². The van der Waals surface area contributed by atoms with Crippen molar-refractivity contribution in [2.24, 2.45) is 0 Å². The van der Waals surface area contributed by atoms with Crippen LogP contribution in [-0.4, -0.2) is 28.8 Å². The molecule has 1 N–H and O–H groups in total. The molecule has 0 radical (unpaired) electrons. The average molecular weight is 369 g/mol. The highest BCUT2D eigenvalue weighted by Crippen LogP contribution is 2.37. The second kappa shape index (κ2) is 7.45. The summed E-state index contributed by atoms with van der Waals surface area (Å²) in [6, 6.07) is 13.9. The minimum atomic E-state index is -1.10. The number of carboxylic acid groups (broad SMARTS) is 1. The fourth-order valence-electron chi connectivity index (χ4n) is 2.50. The Morgan fingerprint density at radius 2 is 1.85 bits per heavy atom. The summed E-state index contributed by atoms with van der Waals surface area (Å²) in [6.07, 6.45) is 1.54. The number of anilines is 1. The molecule has 7 heteroatoms. The van der Waals surface area contributed by atoms with Crippen LogP contribution in [0.4, 0.5) is 10.5 Å². The number of aliphatic carboxylic acids is 1. The topological polar surface area (TPSA) is 83.9 Å². The second-order valence-corrected chi connectivity index (χ2v) is 6.52. The van der Waals surface area contributed by atoms with Gasteiger partial charge in [0.1, 0.15) is 5.75 Å². The van der Waals surface area contributed by atoms with E-state index in [0.717, 1.165) is 22.2 Å². The predicted molar refractivity (Wildman–Crippen MR) is 99.2 cm³/mol. The number of nitrogens with zero attached hydrogens (tertiary/aromatic N) is 1. The van der Waals surface area contributed by atoms with Crippen molar-refractivity contribution in [2.75, 3.05) is 11.5 Å². The number of amides is 2. The molecule has 1 aliphatic rings. The van der Waals surface area contributed by atoms with E-state index in [1.807, 2.05) is 19.1 Å². The number of ether oxygens (including phenoxy) is 1. The van der Waals surface area contributed by atoms with Crippen LogP contribution in [0, 0.1) is 6.92 Å². The van der Waals surface area contributed by atoms with Gasteiger partial charge in [0, 0.05) is 5.56 Å². The molecular formula is C19H15NO5S. The summed E-state index contributed by atoms with van der Waals surface area (Å²) in [4.78, 5) is 37.2. The van der Waals surface area contributed by atoms with Gasteiger partial charge in [0.2, 0.25) is 0 Å². The van der Waals surface area contributed by atoms with Crippen LogP contribution in [0.2, 0.25) is 0 Å². The Bertz CT molecular complexity index is 922. The van der Waals surface area contributed by atoms with Gasteiger partial charge in [-0.05, 0) is 42.5 Å². The number of carbonyl (C=O) groups excluding carboxylic acids is 2. The first-order valence-corrected chi connectivity index (χ1v) is 8.56. The number of para-hydroxylation sites is 2. The van der Waals surface area contributed by atoms with Gasteiger partial charge in [-0.15, -0.1) is 0 Å². The lowest BCUT2D eigenvalue weighted by Crippen LogP contribution is -2.28. The van der Waals surface area contributed by atoms with E-state index in [-0.39, 0.29) is 10.1 Å². The molecular weight excluding hydrogens is 354 g/mol. The molecule has 0 unspecified atom stereocenters. The van der Waals surface area contributed by atoms with E-state index < -0.39 is 18.5 Å². The molecule has 1 heterocycles. The number of hydrogen-bond donors (Lipinski definition) is 1. The Morgan fingerprint density at radius 3 is 2.58 bits per heavy atom. The Hall–Kier alpha value is -3.06. The lowest BCUT2D eigenvalue weighted by molar-refractivity contribution is -0.139. The summed E-state index contributed by atoms with van der Waals surface area (Å²) >= 11 is 0.840. The van der Waals surface area contributed by atoms with Gasteiger partial charge >= 0.3 is 5.97 Å². The smallest absolute Gasteiger partial charge is 0.341 e. The Morgan fingerprint density at radius 1 is 1.15 bits per heavy atom. The molecule has 1 fully saturated rings. The van der Waals surface area contributed by atoms with Gasteiger partial charge in [0.15, 0.2) is 6.61 Å². The molecule has 2 aromatic rings. The number of benzene rings is 2. The minimum absolute atomic E-state index is 0.254. The maximum absolute atomic E-state index is 12.7. The van der Waals surface area contributed by atoms with Crippen LogP contribution >= 0.6 is 11.8 Å². The van der Waals surface area contributed by atoms with Gasteiger partial charge in [-0.3, -0.25) is 9.59 Å². The van der Waals surface area contributed by atoms with Gasteiger partial charge in [0.25, 0.3) is 11.1 Å². The van der Waals surface area contributed by atoms with E-state index in [1.54, 1.807) is 42.5 Å². The number of hydrogen-bond acceptors (Lipinski definition) is 5. The van der Waals surface area contributed by atoms with Crippen LogP contribution in [0.15, 0.2) is 53.4 Å². The van der Waals surface area contributed by atoms with Crippen molar-refractivity contribution in [3.05, 3.63) is 64.6 Å². The van der Waals surface area contributed by atoms with Gasteiger partial charge in [-0.25, -0.2) is 9.69 Å². The molecule has 0 aromatic heterocycles. The Labute approximate surface area is 154 Å². The maximum atomic E-state index is 12.7. The first kappa shape index (κ1) is 17.8. The molecule has 1 saturated heterocycles. The van der Waals surface area contributed by atoms with Crippen molar-refractivity contribution < 1.29 is 24.2 Å². The predicted octanol–water partition coefficient (Wildman–Crippen LogP) is 3.70. The first-order valence-electron chi connectivity index (χ1n) is 7.74. The molecule has 2 aromatic carbocycles. The summed E-state index contributed by atoms with van der Waals surface area (Å²) in [6.45, 7) is 1.34. The number of thioether (sulfide) groups is 1. The zero-order valence-corrected chi connectivity index (χ0v) is 14.7. The second-order valence-electron chi connectivity index (χ2n) is 5.52. The zero-order valence-electron chi connectivity index (χ0n) is 13.8. The third-order valence-corrected chi connectivity index (χ3v) is 4.58. The van der Waals surface area contributed by atoms with E-state index in [9.17, 15) is 14.4 Å². The monoisotopic (exact) mass is 369 g/mol. The number of aryl methyl sites for hydroxylation is 1. The fourth-order valence-corrected chi connectivity index (χ4v) is 3.33.